The van der Waals surface area contributed by atoms with Crippen LogP contribution in [0.15, 0.2) is 36.9 Å². The molecule has 0 radical (unpaired) electrons. The fraction of sp³-hybridized carbons (Fsp3) is 0.583. The number of likely N-dealkylation sites (tertiary alicyclic amines) is 1. The van der Waals surface area contributed by atoms with E-state index in [0.29, 0.717) is 24.1 Å². The van der Waals surface area contributed by atoms with Gasteiger partial charge in [-0.05, 0) is 45.2 Å². The molecule has 2 saturated heterocycles. The number of carbonyl (C=O) groups is 1. The van der Waals surface area contributed by atoms with Crippen LogP contribution in [0, 0.1) is 5.41 Å². The minimum absolute atomic E-state index is 0.155. The van der Waals surface area contributed by atoms with Crippen molar-refractivity contribution in [2.45, 2.75) is 45.2 Å². The molecular formula is C24H32N6O2. The normalized spacial score (nSPS) is 25.1. The number of carbonyl (C=O) groups excluding carboxylic acids is 1. The molecule has 32 heavy (non-hydrogen) atoms. The van der Waals surface area contributed by atoms with E-state index in [1.807, 2.05) is 24.1 Å². The summed E-state index contributed by atoms with van der Waals surface area (Å²) in [5.41, 5.74) is 2.20. The summed E-state index contributed by atoms with van der Waals surface area (Å²) in [6.45, 7) is 9.27. The third-order valence-electron chi connectivity index (χ3n) is 7.33. The Balaban J connectivity index is 1.22. The molecule has 2 aliphatic heterocycles. The van der Waals surface area contributed by atoms with Crippen LogP contribution in [0.1, 0.15) is 33.1 Å². The van der Waals surface area contributed by atoms with Gasteiger partial charge < -0.3 is 14.5 Å². The van der Waals surface area contributed by atoms with Gasteiger partial charge in [0.25, 0.3) is 0 Å². The number of rotatable bonds is 4. The van der Waals surface area contributed by atoms with Gasteiger partial charge in [0.05, 0.1) is 18.5 Å². The van der Waals surface area contributed by atoms with Crippen molar-refractivity contribution in [3.05, 3.63) is 36.9 Å². The first-order valence-corrected chi connectivity index (χ1v) is 11.7. The largest absolute Gasteiger partial charge is 0.450 e. The molecule has 1 amide bonds. The molecule has 2 aromatic heterocycles. The molecule has 1 saturated carbocycles. The first kappa shape index (κ1) is 21.1. The van der Waals surface area contributed by atoms with Crippen LogP contribution in [0.4, 0.5) is 10.6 Å². The maximum Gasteiger partial charge on any atom is 0.409 e. The average Bonchev–Trinajstić information content (AvgIpc) is 3.24. The van der Waals surface area contributed by atoms with Crippen molar-refractivity contribution in [2.24, 2.45) is 5.41 Å². The van der Waals surface area contributed by atoms with Gasteiger partial charge >= 0.3 is 6.09 Å². The van der Waals surface area contributed by atoms with Gasteiger partial charge in [-0.15, -0.1) is 0 Å². The zero-order valence-corrected chi connectivity index (χ0v) is 19.0. The lowest BCUT2D eigenvalue weighted by atomic mass is 9.78. The molecular weight excluding hydrogens is 404 g/mol. The van der Waals surface area contributed by atoms with E-state index >= 15 is 0 Å². The Morgan fingerprint density at radius 3 is 2.84 bits per heavy atom. The SMILES string of the molecule is CCOC(=O)N1CC2(CCC(N3CCN(c4ncccc4-c4cnccn4)C[C@H]3C)C2)C1. The summed E-state index contributed by atoms with van der Waals surface area (Å²) in [7, 11) is 0. The highest BCUT2D eigenvalue weighted by Crippen LogP contribution is 2.47. The number of anilines is 1. The third-order valence-corrected chi connectivity index (χ3v) is 7.33. The van der Waals surface area contributed by atoms with E-state index in [4.69, 9.17) is 9.72 Å². The van der Waals surface area contributed by atoms with Gasteiger partial charge in [-0.1, -0.05) is 0 Å². The van der Waals surface area contributed by atoms with Crippen LogP contribution < -0.4 is 4.90 Å². The second-order valence-electron chi connectivity index (χ2n) is 9.45. The Morgan fingerprint density at radius 1 is 1.22 bits per heavy atom. The molecule has 4 heterocycles. The molecule has 0 aromatic carbocycles. The van der Waals surface area contributed by atoms with Crippen molar-refractivity contribution >= 4 is 11.9 Å². The highest BCUT2D eigenvalue weighted by molar-refractivity contribution is 5.72. The van der Waals surface area contributed by atoms with Gasteiger partial charge in [-0.25, -0.2) is 9.78 Å². The van der Waals surface area contributed by atoms with Crippen LogP contribution >= 0.6 is 0 Å². The summed E-state index contributed by atoms with van der Waals surface area (Å²) in [4.78, 5) is 32.3. The summed E-state index contributed by atoms with van der Waals surface area (Å²) < 4.78 is 5.16. The number of aromatic nitrogens is 3. The second kappa shape index (κ2) is 8.65. The molecule has 0 bridgehead atoms. The molecule has 1 spiro atoms. The van der Waals surface area contributed by atoms with Crippen molar-refractivity contribution < 1.29 is 9.53 Å². The summed E-state index contributed by atoms with van der Waals surface area (Å²) >= 11 is 0. The van der Waals surface area contributed by atoms with Crippen LogP contribution in [-0.4, -0.2) is 82.3 Å². The number of hydrogen-bond donors (Lipinski definition) is 0. The van der Waals surface area contributed by atoms with E-state index in [-0.39, 0.29) is 6.09 Å². The number of ether oxygens (including phenoxy) is 1. The number of hydrogen-bond acceptors (Lipinski definition) is 7. The zero-order chi connectivity index (χ0) is 22.1. The van der Waals surface area contributed by atoms with Gasteiger partial charge in [0.2, 0.25) is 0 Å². The fourth-order valence-corrected chi connectivity index (χ4v) is 5.85. The van der Waals surface area contributed by atoms with E-state index in [1.54, 1.807) is 18.6 Å². The van der Waals surface area contributed by atoms with E-state index in [1.165, 1.54) is 19.3 Å². The zero-order valence-electron chi connectivity index (χ0n) is 19.0. The fourth-order valence-electron chi connectivity index (χ4n) is 5.85. The van der Waals surface area contributed by atoms with Crippen LogP contribution in [0.2, 0.25) is 0 Å². The van der Waals surface area contributed by atoms with E-state index in [0.717, 1.165) is 49.8 Å². The standard InChI is InChI=1S/C24H32N6O2/c1-3-32-23(31)29-16-24(17-29)7-6-19(13-24)30-12-11-28(15-18(30)2)22-20(5-4-8-27-22)21-14-25-9-10-26-21/h4-5,8-10,14,18-19H,3,6-7,11-13,15-17H2,1-2H3/t18-,19?/m1/s1. The lowest BCUT2D eigenvalue weighted by Crippen LogP contribution is -2.59. The van der Waals surface area contributed by atoms with Crippen molar-refractivity contribution in [3.8, 4) is 11.3 Å². The average molecular weight is 437 g/mol. The molecule has 3 aliphatic rings. The molecule has 0 N–H and O–H groups in total. The van der Waals surface area contributed by atoms with Gasteiger partial charge in [-0.2, -0.15) is 0 Å². The molecule has 170 valence electrons. The second-order valence-corrected chi connectivity index (χ2v) is 9.45. The predicted octanol–water partition coefficient (Wildman–Crippen LogP) is 3.06. The van der Waals surface area contributed by atoms with E-state index in [9.17, 15) is 4.79 Å². The van der Waals surface area contributed by atoms with E-state index < -0.39 is 0 Å². The monoisotopic (exact) mass is 436 g/mol. The van der Waals surface area contributed by atoms with Crippen molar-refractivity contribution in [2.75, 3.05) is 44.2 Å². The topological polar surface area (TPSA) is 74.7 Å². The molecule has 5 rings (SSSR count). The minimum atomic E-state index is -0.155. The Bertz CT molecular complexity index is 949. The van der Waals surface area contributed by atoms with Crippen LogP contribution in [0.25, 0.3) is 11.3 Å². The lowest BCUT2D eigenvalue weighted by molar-refractivity contribution is -0.00468. The van der Waals surface area contributed by atoms with Crippen molar-refractivity contribution in [3.63, 3.8) is 0 Å². The molecule has 2 atom stereocenters. The number of piperazine rings is 1. The highest BCUT2D eigenvalue weighted by Gasteiger charge is 2.51. The van der Waals surface area contributed by atoms with Gasteiger partial charge in [0.1, 0.15) is 5.82 Å². The quantitative estimate of drug-likeness (QED) is 0.729. The molecule has 1 unspecified atom stereocenters. The Kier molecular flexibility index (Phi) is 5.71. The summed E-state index contributed by atoms with van der Waals surface area (Å²) in [5.74, 6) is 0.992. The number of nitrogens with zero attached hydrogens (tertiary/aromatic N) is 6. The Morgan fingerprint density at radius 2 is 2.09 bits per heavy atom. The summed E-state index contributed by atoms with van der Waals surface area (Å²) in [6.07, 6.45) is 10.5. The third kappa shape index (κ3) is 3.92. The first-order valence-electron chi connectivity index (χ1n) is 11.7. The Hall–Kier alpha value is -2.74. The maximum atomic E-state index is 12.0. The predicted molar refractivity (Wildman–Crippen MR) is 122 cm³/mol. The van der Waals surface area contributed by atoms with Crippen molar-refractivity contribution in [1.29, 1.82) is 0 Å². The lowest BCUT2D eigenvalue weighted by Gasteiger charge is -2.49. The molecule has 2 aromatic rings. The van der Waals surface area contributed by atoms with Crippen molar-refractivity contribution in [1.82, 2.24) is 24.8 Å². The Labute approximate surface area is 189 Å². The first-order chi connectivity index (χ1) is 15.6. The van der Waals surface area contributed by atoms with Gasteiger partial charge in [0, 0.05) is 74.4 Å². The number of amides is 1. The minimum Gasteiger partial charge on any atom is -0.450 e. The van der Waals surface area contributed by atoms with Crippen LogP contribution in [0.5, 0.6) is 0 Å². The molecule has 8 nitrogen and oxygen atoms in total. The smallest absolute Gasteiger partial charge is 0.409 e. The molecule has 3 fully saturated rings. The number of pyridine rings is 1. The molecule has 8 heteroatoms. The molecule has 1 aliphatic carbocycles. The summed E-state index contributed by atoms with van der Waals surface area (Å²) in [5, 5.41) is 0. The highest BCUT2D eigenvalue weighted by atomic mass is 16.6. The maximum absolute atomic E-state index is 12.0. The van der Waals surface area contributed by atoms with Crippen LogP contribution in [-0.2, 0) is 4.74 Å². The summed E-state index contributed by atoms with van der Waals surface area (Å²) in [6, 6.07) is 5.08. The van der Waals surface area contributed by atoms with Crippen LogP contribution in [0.3, 0.4) is 0 Å². The van der Waals surface area contributed by atoms with E-state index in [2.05, 4.69) is 32.8 Å². The van der Waals surface area contributed by atoms with Gasteiger partial charge in [0.15, 0.2) is 0 Å². The van der Waals surface area contributed by atoms with Gasteiger partial charge in [-0.3, -0.25) is 14.9 Å².